The van der Waals surface area contributed by atoms with Crippen LogP contribution < -0.4 is 0 Å². The third-order valence-corrected chi connectivity index (χ3v) is 2.87. The minimum absolute atomic E-state index is 0.532. The molecule has 4 nitrogen and oxygen atoms in total. The molecule has 1 atom stereocenters. The van der Waals surface area contributed by atoms with Crippen molar-refractivity contribution in [3.05, 3.63) is 29.0 Å². The van der Waals surface area contributed by atoms with Gasteiger partial charge in [-0.2, -0.15) is 0 Å². The van der Waals surface area contributed by atoms with Gasteiger partial charge in [0.05, 0.1) is 11.0 Å². The van der Waals surface area contributed by atoms with Gasteiger partial charge in [0.2, 0.25) is 0 Å². The van der Waals surface area contributed by atoms with Crippen LogP contribution in [0, 0.1) is 0 Å². The first kappa shape index (κ1) is 11.0. The maximum absolute atomic E-state index is 10.9. The smallest absolute Gasteiger partial charge is 0.313 e. The van der Waals surface area contributed by atoms with Gasteiger partial charge in [0.25, 0.3) is 0 Å². The van der Waals surface area contributed by atoms with E-state index in [4.69, 9.17) is 16.7 Å². The molecule has 0 radical (unpaired) electrons. The summed E-state index contributed by atoms with van der Waals surface area (Å²) in [4.78, 5) is 15.2. The van der Waals surface area contributed by atoms with E-state index < -0.39 is 11.9 Å². The van der Waals surface area contributed by atoms with Crippen molar-refractivity contribution in [3.8, 4) is 0 Å². The number of aliphatic carboxylic acids is 1. The largest absolute Gasteiger partial charge is 0.481 e. The summed E-state index contributed by atoms with van der Waals surface area (Å²) in [5.41, 5.74) is 1.60. The van der Waals surface area contributed by atoms with Crippen molar-refractivity contribution in [2.75, 3.05) is 0 Å². The molecule has 1 aromatic carbocycles. The molecular formula is C11H11ClN2O2. The fraction of sp³-hybridized carbons (Fsp3) is 0.273. The third kappa shape index (κ3) is 1.65. The first-order valence-corrected chi connectivity index (χ1v) is 5.23. The molecule has 1 unspecified atom stereocenters. The average molecular weight is 239 g/mol. The van der Waals surface area contributed by atoms with Gasteiger partial charge in [0, 0.05) is 12.1 Å². The van der Waals surface area contributed by atoms with E-state index in [9.17, 15) is 4.79 Å². The van der Waals surface area contributed by atoms with Gasteiger partial charge in [-0.25, -0.2) is 4.98 Å². The van der Waals surface area contributed by atoms with Crippen LogP contribution in [0.3, 0.4) is 0 Å². The summed E-state index contributed by atoms with van der Waals surface area (Å²) in [6, 6.07) is 5.31. The number of nitrogens with zero attached hydrogens (tertiary/aromatic N) is 2. The van der Waals surface area contributed by atoms with E-state index in [-0.39, 0.29) is 0 Å². The summed E-state index contributed by atoms with van der Waals surface area (Å²) in [7, 11) is 1.79. The normalized spacial score (nSPS) is 12.9. The van der Waals surface area contributed by atoms with Gasteiger partial charge in [0.1, 0.15) is 11.7 Å². The molecule has 2 rings (SSSR count). The van der Waals surface area contributed by atoms with Crippen LogP contribution in [0.5, 0.6) is 0 Å². The topological polar surface area (TPSA) is 55.1 Å². The number of halogens is 1. The fourth-order valence-corrected chi connectivity index (χ4v) is 1.85. The first-order chi connectivity index (χ1) is 7.50. The maximum Gasteiger partial charge on any atom is 0.313 e. The fourth-order valence-electron chi connectivity index (χ4n) is 1.68. The highest BCUT2D eigenvalue weighted by Gasteiger charge is 2.20. The van der Waals surface area contributed by atoms with Gasteiger partial charge < -0.3 is 9.67 Å². The molecule has 0 saturated heterocycles. The molecule has 0 saturated carbocycles. The van der Waals surface area contributed by atoms with E-state index in [1.54, 1.807) is 36.7 Å². The lowest BCUT2D eigenvalue weighted by atomic mass is 10.2. The summed E-state index contributed by atoms with van der Waals surface area (Å²) in [5.74, 6) is -0.981. The number of carbonyl (C=O) groups is 1. The monoisotopic (exact) mass is 238 g/mol. The van der Waals surface area contributed by atoms with E-state index in [2.05, 4.69) is 4.98 Å². The van der Waals surface area contributed by atoms with Crippen LogP contribution in [0.4, 0.5) is 0 Å². The SMILES string of the molecule is CC(C(=O)O)c1nc2ccc(Cl)cc2n1C. The van der Waals surface area contributed by atoms with Crippen molar-refractivity contribution in [2.24, 2.45) is 7.05 Å². The Balaban J connectivity index is 2.64. The zero-order valence-electron chi connectivity index (χ0n) is 8.94. The molecule has 1 heterocycles. The lowest BCUT2D eigenvalue weighted by Crippen LogP contribution is -2.12. The molecule has 0 spiro atoms. The zero-order valence-corrected chi connectivity index (χ0v) is 9.69. The molecular weight excluding hydrogens is 228 g/mol. The zero-order chi connectivity index (χ0) is 11.9. The third-order valence-electron chi connectivity index (χ3n) is 2.64. The predicted molar refractivity (Wildman–Crippen MR) is 61.8 cm³/mol. The standard InChI is InChI=1S/C11H11ClN2O2/c1-6(11(15)16)10-13-8-4-3-7(12)5-9(8)14(10)2/h3-6H,1-2H3,(H,15,16). The Morgan fingerprint density at radius 2 is 2.25 bits per heavy atom. The number of benzene rings is 1. The summed E-state index contributed by atoms with van der Waals surface area (Å²) in [5, 5.41) is 9.58. The van der Waals surface area contributed by atoms with Gasteiger partial charge >= 0.3 is 5.97 Å². The van der Waals surface area contributed by atoms with Gasteiger partial charge in [-0.3, -0.25) is 4.79 Å². The summed E-state index contributed by atoms with van der Waals surface area (Å²) < 4.78 is 1.76. The van der Waals surface area contributed by atoms with Crippen molar-refractivity contribution in [1.29, 1.82) is 0 Å². The first-order valence-electron chi connectivity index (χ1n) is 4.85. The average Bonchev–Trinajstić information content (AvgIpc) is 2.55. The van der Waals surface area contributed by atoms with Gasteiger partial charge in [-0.15, -0.1) is 0 Å². The van der Waals surface area contributed by atoms with Crippen molar-refractivity contribution in [1.82, 2.24) is 9.55 Å². The number of aromatic nitrogens is 2. The van der Waals surface area contributed by atoms with Crippen LogP contribution in [0.1, 0.15) is 18.7 Å². The van der Waals surface area contributed by atoms with E-state index in [0.717, 1.165) is 11.0 Å². The Kier molecular flexibility index (Phi) is 2.59. The van der Waals surface area contributed by atoms with Crippen LogP contribution in [-0.4, -0.2) is 20.6 Å². The Morgan fingerprint density at radius 1 is 1.56 bits per heavy atom. The Hall–Kier alpha value is -1.55. The van der Waals surface area contributed by atoms with E-state index >= 15 is 0 Å². The second-order valence-electron chi connectivity index (χ2n) is 3.72. The van der Waals surface area contributed by atoms with Crippen LogP contribution in [0.25, 0.3) is 11.0 Å². The molecule has 84 valence electrons. The molecule has 0 amide bonds. The summed E-state index contributed by atoms with van der Waals surface area (Å²) in [6.07, 6.45) is 0. The molecule has 0 bridgehead atoms. The number of aryl methyl sites for hydroxylation is 1. The van der Waals surface area contributed by atoms with E-state index in [0.29, 0.717) is 10.8 Å². The van der Waals surface area contributed by atoms with Gasteiger partial charge in [-0.05, 0) is 25.1 Å². The quantitative estimate of drug-likeness (QED) is 0.874. The number of hydrogen-bond acceptors (Lipinski definition) is 2. The molecule has 0 fully saturated rings. The molecule has 0 aliphatic carbocycles. The predicted octanol–water partition coefficient (Wildman–Crippen LogP) is 2.41. The number of imidazole rings is 1. The highest BCUT2D eigenvalue weighted by Crippen LogP contribution is 2.23. The lowest BCUT2D eigenvalue weighted by molar-refractivity contribution is -0.138. The minimum Gasteiger partial charge on any atom is -0.481 e. The highest BCUT2D eigenvalue weighted by molar-refractivity contribution is 6.31. The molecule has 1 aromatic heterocycles. The number of carboxylic acids is 1. The van der Waals surface area contributed by atoms with E-state index in [1.165, 1.54) is 0 Å². The van der Waals surface area contributed by atoms with Crippen molar-refractivity contribution in [2.45, 2.75) is 12.8 Å². The van der Waals surface area contributed by atoms with Crippen molar-refractivity contribution in [3.63, 3.8) is 0 Å². The van der Waals surface area contributed by atoms with E-state index in [1.807, 2.05) is 0 Å². The molecule has 5 heteroatoms. The number of hydrogen-bond donors (Lipinski definition) is 1. The van der Waals surface area contributed by atoms with Crippen molar-refractivity contribution < 1.29 is 9.90 Å². The Bertz CT molecular complexity index is 562. The Labute approximate surface area is 97.5 Å². The van der Waals surface area contributed by atoms with Crippen LogP contribution in [0.2, 0.25) is 5.02 Å². The van der Waals surface area contributed by atoms with Crippen LogP contribution in [0.15, 0.2) is 18.2 Å². The molecule has 16 heavy (non-hydrogen) atoms. The molecule has 0 aliphatic heterocycles. The maximum atomic E-state index is 10.9. The Morgan fingerprint density at radius 3 is 2.88 bits per heavy atom. The lowest BCUT2D eigenvalue weighted by Gasteiger charge is -2.05. The second-order valence-corrected chi connectivity index (χ2v) is 4.16. The molecule has 1 N–H and O–H groups in total. The van der Waals surface area contributed by atoms with Gasteiger partial charge in [0.15, 0.2) is 0 Å². The minimum atomic E-state index is -0.885. The van der Waals surface area contributed by atoms with Crippen molar-refractivity contribution >= 4 is 28.6 Å². The van der Waals surface area contributed by atoms with Crippen LogP contribution in [-0.2, 0) is 11.8 Å². The summed E-state index contributed by atoms with van der Waals surface area (Å²) in [6.45, 7) is 1.62. The number of rotatable bonds is 2. The van der Waals surface area contributed by atoms with Gasteiger partial charge in [-0.1, -0.05) is 11.6 Å². The second kappa shape index (κ2) is 3.79. The molecule has 0 aliphatic rings. The molecule has 2 aromatic rings. The number of carboxylic acid groups (broad SMARTS) is 1. The highest BCUT2D eigenvalue weighted by atomic mass is 35.5. The summed E-state index contributed by atoms with van der Waals surface area (Å²) >= 11 is 5.88. The number of fused-ring (bicyclic) bond motifs is 1. The van der Waals surface area contributed by atoms with Crippen LogP contribution >= 0.6 is 11.6 Å².